The normalized spacial score (nSPS) is 12.2. The van der Waals surface area contributed by atoms with Gasteiger partial charge in [-0.2, -0.15) is 0 Å². The number of aromatic hydroxyl groups is 1. The molecular weight excluding hydrogens is 265 g/mol. The summed E-state index contributed by atoms with van der Waals surface area (Å²) in [5.41, 5.74) is -0.0526. The van der Waals surface area contributed by atoms with Crippen LogP contribution in [0.2, 0.25) is 0 Å². The lowest BCUT2D eigenvalue weighted by Crippen LogP contribution is -2.28. The molecule has 0 saturated carbocycles. The molecule has 3 nitrogen and oxygen atoms in total. The van der Waals surface area contributed by atoms with Crippen molar-refractivity contribution in [3.05, 3.63) is 29.6 Å². The summed E-state index contributed by atoms with van der Waals surface area (Å²) in [6.07, 6.45) is 0. The molecule has 0 fully saturated rings. The van der Waals surface area contributed by atoms with Gasteiger partial charge in [0.25, 0.3) is 5.91 Å². The lowest BCUT2D eigenvalue weighted by molar-refractivity contribution is 0.0951. The predicted molar refractivity (Wildman–Crippen MR) is 58.8 cm³/mol. The van der Waals surface area contributed by atoms with Gasteiger partial charge in [0, 0.05) is 11.4 Å². The molecule has 0 aromatic heterocycles. The molecule has 1 amide bonds. The van der Waals surface area contributed by atoms with E-state index in [9.17, 15) is 14.3 Å². The topological polar surface area (TPSA) is 49.3 Å². The average Bonchev–Trinajstić information content (AvgIpc) is 2.18. The van der Waals surface area contributed by atoms with Gasteiger partial charge in [-0.05, 0) is 18.2 Å². The minimum Gasteiger partial charge on any atom is -0.507 e. The Morgan fingerprint density at radius 2 is 2.33 bits per heavy atom. The van der Waals surface area contributed by atoms with Gasteiger partial charge in [0.1, 0.15) is 11.6 Å². The number of carbonyl (C=O) groups excluding carboxylic acids is 1. The standard InChI is InChI=1S/C10H11BrFNO2/c1-6(11)5-13-10(15)8-4-7(12)2-3-9(8)14/h2-4,6,14H,5H2,1H3,(H,13,15). The number of hydrogen-bond acceptors (Lipinski definition) is 2. The van der Waals surface area contributed by atoms with Gasteiger partial charge in [-0.1, -0.05) is 22.9 Å². The molecule has 1 atom stereocenters. The first-order chi connectivity index (χ1) is 7.00. The van der Waals surface area contributed by atoms with E-state index in [4.69, 9.17) is 0 Å². The summed E-state index contributed by atoms with van der Waals surface area (Å²) in [6.45, 7) is 2.28. The lowest BCUT2D eigenvalue weighted by Gasteiger charge is -2.07. The van der Waals surface area contributed by atoms with Crippen molar-refractivity contribution in [1.29, 1.82) is 0 Å². The number of halogens is 2. The van der Waals surface area contributed by atoms with E-state index in [1.165, 1.54) is 0 Å². The summed E-state index contributed by atoms with van der Waals surface area (Å²) in [5.74, 6) is -1.26. The highest BCUT2D eigenvalue weighted by Gasteiger charge is 2.12. The van der Waals surface area contributed by atoms with Crippen molar-refractivity contribution in [3.63, 3.8) is 0 Å². The van der Waals surface area contributed by atoms with E-state index in [-0.39, 0.29) is 16.1 Å². The summed E-state index contributed by atoms with van der Waals surface area (Å²) in [5, 5.41) is 11.9. The van der Waals surface area contributed by atoms with Crippen LogP contribution < -0.4 is 5.32 Å². The summed E-state index contributed by atoms with van der Waals surface area (Å²) in [4.78, 5) is 11.6. The molecule has 1 rings (SSSR count). The van der Waals surface area contributed by atoms with Crippen LogP contribution in [0.25, 0.3) is 0 Å². The minimum absolute atomic E-state index is 0.0526. The van der Waals surface area contributed by atoms with Gasteiger partial charge in [-0.3, -0.25) is 4.79 Å². The maximum absolute atomic E-state index is 12.8. The SMILES string of the molecule is CC(Br)CNC(=O)c1cc(F)ccc1O. The van der Waals surface area contributed by atoms with Gasteiger partial charge in [0.15, 0.2) is 0 Å². The van der Waals surface area contributed by atoms with Gasteiger partial charge in [0.05, 0.1) is 5.56 Å². The quantitative estimate of drug-likeness (QED) is 0.830. The highest BCUT2D eigenvalue weighted by Crippen LogP contribution is 2.17. The number of amides is 1. The molecule has 5 heteroatoms. The predicted octanol–water partition coefficient (Wildman–Crippen LogP) is 2.04. The van der Waals surface area contributed by atoms with Crippen LogP contribution in [0.4, 0.5) is 4.39 Å². The first kappa shape index (κ1) is 12.0. The Balaban J connectivity index is 2.77. The fourth-order valence-electron chi connectivity index (χ4n) is 1.02. The molecule has 0 saturated heterocycles. The fourth-order valence-corrected chi connectivity index (χ4v) is 1.18. The summed E-state index contributed by atoms with van der Waals surface area (Å²) < 4.78 is 12.8. The number of nitrogens with one attached hydrogen (secondary N) is 1. The van der Waals surface area contributed by atoms with Crippen LogP contribution in [0.15, 0.2) is 18.2 Å². The largest absolute Gasteiger partial charge is 0.507 e. The van der Waals surface area contributed by atoms with E-state index in [0.29, 0.717) is 6.54 Å². The number of hydrogen-bond donors (Lipinski definition) is 2. The van der Waals surface area contributed by atoms with Crippen molar-refractivity contribution < 1.29 is 14.3 Å². The number of alkyl halides is 1. The van der Waals surface area contributed by atoms with Crippen molar-refractivity contribution >= 4 is 21.8 Å². The lowest BCUT2D eigenvalue weighted by atomic mass is 10.2. The third-order valence-corrected chi connectivity index (χ3v) is 2.07. The second-order valence-electron chi connectivity index (χ2n) is 3.15. The Labute approximate surface area is 95.4 Å². The van der Waals surface area contributed by atoms with E-state index < -0.39 is 11.7 Å². The summed E-state index contributed by atoms with van der Waals surface area (Å²) >= 11 is 3.26. The van der Waals surface area contributed by atoms with Crippen LogP contribution in [0.1, 0.15) is 17.3 Å². The van der Waals surface area contributed by atoms with Gasteiger partial charge in [0.2, 0.25) is 0 Å². The second-order valence-corrected chi connectivity index (χ2v) is 4.72. The maximum Gasteiger partial charge on any atom is 0.255 e. The monoisotopic (exact) mass is 275 g/mol. The molecule has 15 heavy (non-hydrogen) atoms. The Bertz CT molecular complexity index is 368. The van der Waals surface area contributed by atoms with Crippen LogP contribution in [0.3, 0.4) is 0 Å². The maximum atomic E-state index is 12.8. The average molecular weight is 276 g/mol. The number of phenols is 1. The molecule has 1 aromatic carbocycles. The van der Waals surface area contributed by atoms with Gasteiger partial charge >= 0.3 is 0 Å². The van der Waals surface area contributed by atoms with E-state index in [0.717, 1.165) is 18.2 Å². The zero-order valence-electron chi connectivity index (χ0n) is 8.13. The van der Waals surface area contributed by atoms with Crippen molar-refractivity contribution in [2.75, 3.05) is 6.54 Å². The summed E-state index contributed by atoms with van der Waals surface area (Å²) in [6, 6.07) is 3.25. The molecule has 1 aromatic rings. The number of carbonyl (C=O) groups is 1. The van der Waals surface area contributed by atoms with Crippen molar-refractivity contribution in [1.82, 2.24) is 5.32 Å². The molecule has 0 aliphatic carbocycles. The van der Waals surface area contributed by atoms with E-state index >= 15 is 0 Å². The zero-order chi connectivity index (χ0) is 11.4. The molecule has 0 heterocycles. The van der Waals surface area contributed by atoms with Crippen LogP contribution >= 0.6 is 15.9 Å². The van der Waals surface area contributed by atoms with Crippen LogP contribution in [0.5, 0.6) is 5.75 Å². The molecule has 0 aliphatic rings. The highest BCUT2D eigenvalue weighted by molar-refractivity contribution is 9.09. The van der Waals surface area contributed by atoms with Crippen molar-refractivity contribution in [2.24, 2.45) is 0 Å². The van der Waals surface area contributed by atoms with Gasteiger partial charge in [-0.15, -0.1) is 0 Å². The van der Waals surface area contributed by atoms with E-state index in [1.807, 2.05) is 6.92 Å². The zero-order valence-corrected chi connectivity index (χ0v) is 9.71. The molecule has 2 N–H and O–H groups in total. The number of rotatable bonds is 3. The Morgan fingerprint density at radius 1 is 1.67 bits per heavy atom. The Kier molecular flexibility index (Phi) is 4.08. The Morgan fingerprint density at radius 3 is 2.93 bits per heavy atom. The number of benzene rings is 1. The smallest absolute Gasteiger partial charge is 0.255 e. The molecule has 0 bridgehead atoms. The molecule has 0 aliphatic heterocycles. The van der Waals surface area contributed by atoms with Crippen LogP contribution in [-0.4, -0.2) is 22.4 Å². The third kappa shape index (κ3) is 3.51. The second kappa shape index (κ2) is 5.11. The third-order valence-electron chi connectivity index (χ3n) is 1.75. The minimum atomic E-state index is -0.551. The molecule has 1 unspecified atom stereocenters. The molecule has 82 valence electrons. The molecular formula is C10H11BrFNO2. The van der Waals surface area contributed by atoms with Crippen molar-refractivity contribution in [3.8, 4) is 5.75 Å². The van der Waals surface area contributed by atoms with Gasteiger partial charge in [-0.25, -0.2) is 4.39 Å². The Hall–Kier alpha value is -1.10. The summed E-state index contributed by atoms with van der Waals surface area (Å²) in [7, 11) is 0. The van der Waals surface area contributed by atoms with Crippen LogP contribution in [-0.2, 0) is 0 Å². The first-order valence-electron chi connectivity index (χ1n) is 4.41. The highest BCUT2D eigenvalue weighted by atomic mass is 79.9. The molecule has 0 spiro atoms. The first-order valence-corrected chi connectivity index (χ1v) is 5.33. The molecule has 0 radical (unpaired) electrons. The van der Waals surface area contributed by atoms with Crippen molar-refractivity contribution in [2.45, 2.75) is 11.8 Å². The van der Waals surface area contributed by atoms with Crippen LogP contribution in [0, 0.1) is 5.82 Å². The number of phenolic OH excluding ortho intramolecular Hbond substituents is 1. The fraction of sp³-hybridized carbons (Fsp3) is 0.300. The van der Waals surface area contributed by atoms with E-state index in [2.05, 4.69) is 21.2 Å². The van der Waals surface area contributed by atoms with E-state index in [1.54, 1.807) is 0 Å². The van der Waals surface area contributed by atoms with Gasteiger partial charge < -0.3 is 10.4 Å².